The molecule has 3 N–H and O–H groups in total. The van der Waals surface area contributed by atoms with Gasteiger partial charge >= 0.3 is 0 Å². The Bertz CT molecular complexity index is 268. The van der Waals surface area contributed by atoms with Crippen LogP contribution < -0.4 is 11.1 Å². The van der Waals surface area contributed by atoms with Gasteiger partial charge in [-0.25, -0.2) is 0 Å². The van der Waals surface area contributed by atoms with Gasteiger partial charge < -0.3 is 16.0 Å². The molecule has 0 radical (unpaired) electrons. The molecule has 3 atom stereocenters. The highest BCUT2D eigenvalue weighted by Gasteiger charge is 2.34. The highest BCUT2D eigenvalue weighted by Crippen LogP contribution is 2.24. The van der Waals surface area contributed by atoms with E-state index >= 15 is 0 Å². The minimum atomic E-state index is -0.311. The maximum Gasteiger partial charge on any atom is 0.239 e. The lowest BCUT2D eigenvalue weighted by atomic mass is 9.87. The van der Waals surface area contributed by atoms with Gasteiger partial charge in [-0.05, 0) is 37.6 Å². The summed E-state index contributed by atoms with van der Waals surface area (Å²) in [4.78, 5) is 14.2. The van der Waals surface area contributed by atoms with Crippen molar-refractivity contribution in [2.75, 3.05) is 19.6 Å². The van der Waals surface area contributed by atoms with Crippen LogP contribution in [0.1, 0.15) is 33.1 Å². The first-order valence-electron chi connectivity index (χ1n) is 6.84. The summed E-state index contributed by atoms with van der Waals surface area (Å²) in [5.74, 6) is 1.32. The van der Waals surface area contributed by atoms with E-state index in [9.17, 15) is 4.79 Å². The van der Waals surface area contributed by atoms with Crippen molar-refractivity contribution in [3.05, 3.63) is 0 Å². The molecule has 2 aliphatic rings. The molecule has 4 heteroatoms. The Morgan fingerprint density at radius 3 is 2.88 bits per heavy atom. The molecule has 2 heterocycles. The number of fused-ring (bicyclic) bond motifs is 2. The summed E-state index contributed by atoms with van der Waals surface area (Å²) in [5, 5.41) is 3.48. The van der Waals surface area contributed by atoms with Gasteiger partial charge in [0.05, 0.1) is 6.04 Å². The van der Waals surface area contributed by atoms with E-state index < -0.39 is 0 Å². The number of amides is 1. The molecule has 17 heavy (non-hydrogen) atoms. The molecule has 2 bridgehead atoms. The normalized spacial score (nSPS) is 30.5. The quantitative estimate of drug-likeness (QED) is 0.757. The third kappa shape index (κ3) is 3.19. The molecule has 0 aromatic carbocycles. The van der Waals surface area contributed by atoms with Crippen LogP contribution in [0, 0.1) is 11.8 Å². The van der Waals surface area contributed by atoms with E-state index in [1.807, 2.05) is 4.90 Å². The summed E-state index contributed by atoms with van der Waals surface area (Å²) in [5.41, 5.74) is 5.99. The first-order valence-corrected chi connectivity index (χ1v) is 6.84. The lowest BCUT2D eigenvalue weighted by molar-refractivity contribution is -0.135. The van der Waals surface area contributed by atoms with E-state index in [0.29, 0.717) is 17.9 Å². The van der Waals surface area contributed by atoms with Crippen molar-refractivity contribution < 1.29 is 4.79 Å². The Labute approximate surface area is 104 Å². The largest absolute Gasteiger partial charge is 0.340 e. The minimum absolute atomic E-state index is 0.150. The van der Waals surface area contributed by atoms with Crippen LogP contribution >= 0.6 is 0 Å². The Balaban J connectivity index is 1.91. The average Bonchev–Trinajstić information content (AvgIpc) is 2.26. The molecule has 0 aromatic heterocycles. The average molecular weight is 239 g/mol. The lowest BCUT2D eigenvalue weighted by Crippen LogP contribution is -2.57. The number of carbonyl (C=O) groups is 1. The first kappa shape index (κ1) is 12.8. The highest BCUT2D eigenvalue weighted by molar-refractivity contribution is 5.81. The lowest BCUT2D eigenvalue weighted by Gasteiger charge is -2.42. The number of hydrogen-bond donors (Lipinski definition) is 2. The fourth-order valence-electron chi connectivity index (χ4n) is 3.08. The van der Waals surface area contributed by atoms with Gasteiger partial charge in [0.2, 0.25) is 5.91 Å². The second kappa shape index (κ2) is 5.36. The minimum Gasteiger partial charge on any atom is -0.340 e. The van der Waals surface area contributed by atoms with Gasteiger partial charge in [-0.1, -0.05) is 13.8 Å². The fourth-order valence-corrected chi connectivity index (χ4v) is 3.08. The molecule has 98 valence electrons. The third-order valence-electron chi connectivity index (χ3n) is 3.88. The van der Waals surface area contributed by atoms with Crippen molar-refractivity contribution in [1.29, 1.82) is 0 Å². The summed E-state index contributed by atoms with van der Waals surface area (Å²) >= 11 is 0. The van der Waals surface area contributed by atoms with Crippen LogP contribution in [0.15, 0.2) is 0 Å². The van der Waals surface area contributed by atoms with Gasteiger partial charge in [0.15, 0.2) is 0 Å². The summed E-state index contributed by atoms with van der Waals surface area (Å²) in [6.45, 7) is 7.10. The van der Waals surface area contributed by atoms with Gasteiger partial charge in [0, 0.05) is 19.1 Å². The summed E-state index contributed by atoms with van der Waals surface area (Å²) in [7, 11) is 0. The van der Waals surface area contributed by atoms with E-state index in [1.165, 1.54) is 12.8 Å². The van der Waals surface area contributed by atoms with Crippen molar-refractivity contribution in [2.24, 2.45) is 17.6 Å². The van der Waals surface area contributed by atoms with Crippen LogP contribution in [-0.4, -0.2) is 42.5 Å². The first-order chi connectivity index (χ1) is 8.06. The second-order valence-corrected chi connectivity index (χ2v) is 6.02. The monoisotopic (exact) mass is 239 g/mol. The van der Waals surface area contributed by atoms with Crippen molar-refractivity contribution in [3.63, 3.8) is 0 Å². The number of nitrogens with one attached hydrogen (secondary N) is 1. The molecule has 2 fully saturated rings. The van der Waals surface area contributed by atoms with Crippen LogP contribution in [0.3, 0.4) is 0 Å². The van der Waals surface area contributed by atoms with E-state index in [1.54, 1.807) is 0 Å². The molecule has 1 amide bonds. The predicted octanol–water partition coefficient (Wildman–Crippen LogP) is 0.570. The van der Waals surface area contributed by atoms with Gasteiger partial charge in [0.25, 0.3) is 0 Å². The van der Waals surface area contributed by atoms with Crippen LogP contribution in [0.25, 0.3) is 0 Å². The van der Waals surface area contributed by atoms with Crippen LogP contribution in [0.2, 0.25) is 0 Å². The number of nitrogens with zero attached hydrogens (tertiary/aromatic N) is 1. The number of nitrogens with two attached hydrogens (primary N) is 1. The highest BCUT2D eigenvalue weighted by atomic mass is 16.2. The van der Waals surface area contributed by atoms with Crippen LogP contribution in [0.5, 0.6) is 0 Å². The van der Waals surface area contributed by atoms with Crippen molar-refractivity contribution >= 4 is 5.91 Å². The van der Waals surface area contributed by atoms with E-state index in [0.717, 1.165) is 26.1 Å². The van der Waals surface area contributed by atoms with Crippen molar-refractivity contribution in [2.45, 2.75) is 45.2 Å². The molecule has 0 aliphatic carbocycles. The molecular formula is C13H25N3O. The van der Waals surface area contributed by atoms with Gasteiger partial charge in [-0.2, -0.15) is 0 Å². The third-order valence-corrected chi connectivity index (χ3v) is 3.88. The van der Waals surface area contributed by atoms with E-state index in [4.69, 9.17) is 5.73 Å². The molecule has 2 unspecified atom stereocenters. The molecule has 0 aromatic rings. The molecule has 2 rings (SSSR count). The molecular weight excluding hydrogens is 214 g/mol. The van der Waals surface area contributed by atoms with Gasteiger partial charge in [-0.15, -0.1) is 0 Å². The molecule has 0 spiro atoms. The van der Waals surface area contributed by atoms with Crippen molar-refractivity contribution in [1.82, 2.24) is 10.2 Å². The zero-order chi connectivity index (χ0) is 12.4. The summed E-state index contributed by atoms with van der Waals surface area (Å²) in [6, 6.07) is 0.187. The fraction of sp³-hybridized carbons (Fsp3) is 0.923. The molecule has 0 saturated carbocycles. The number of carbonyl (C=O) groups excluding carboxylic acids is 1. The smallest absolute Gasteiger partial charge is 0.239 e. The van der Waals surface area contributed by atoms with Crippen molar-refractivity contribution in [3.8, 4) is 0 Å². The maximum absolute atomic E-state index is 12.2. The Kier molecular flexibility index (Phi) is 4.05. The van der Waals surface area contributed by atoms with E-state index in [-0.39, 0.29) is 11.9 Å². The number of likely N-dealkylation sites (tertiary alicyclic amines) is 1. The van der Waals surface area contributed by atoms with Gasteiger partial charge in [0.1, 0.15) is 0 Å². The number of hydrogen-bond acceptors (Lipinski definition) is 3. The maximum atomic E-state index is 12.2. The number of rotatable bonds is 3. The Morgan fingerprint density at radius 1 is 1.47 bits per heavy atom. The summed E-state index contributed by atoms with van der Waals surface area (Å²) in [6.07, 6.45) is 3.21. The SMILES string of the molecule is CC(C)C[C@H](N)C(=O)N1CC2CCNC(C2)C1. The molecule has 2 saturated heterocycles. The zero-order valence-electron chi connectivity index (χ0n) is 11.0. The second-order valence-electron chi connectivity index (χ2n) is 6.02. The van der Waals surface area contributed by atoms with Gasteiger partial charge in [-0.3, -0.25) is 4.79 Å². The molecule has 2 aliphatic heterocycles. The van der Waals surface area contributed by atoms with Crippen LogP contribution in [-0.2, 0) is 4.79 Å². The zero-order valence-corrected chi connectivity index (χ0v) is 11.0. The van der Waals surface area contributed by atoms with E-state index in [2.05, 4.69) is 19.2 Å². The predicted molar refractivity (Wildman–Crippen MR) is 68.5 cm³/mol. The standard InChI is InChI=1S/C13H25N3O/c1-9(2)5-12(14)13(17)16-7-10-3-4-15-11(6-10)8-16/h9-12,15H,3-8,14H2,1-2H3/t10?,11?,12-/m0/s1. The Hall–Kier alpha value is -0.610. The molecule has 4 nitrogen and oxygen atoms in total. The topological polar surface area (TPSA) is 58.4 Å². The van der Waals surface area contributed by atoms with Crippen LogP contribution in [0.4, 0.5) is 0 Å². The Morgan fingerprint density at radius 2 is 2.24 bits per heavy atom. The summed E-state index contributed by atoms with van der Waals surface area (Å²) < 4.78 is 0. The number of piperidine rings is 2.